The van der Waals surface area contributed by atoms with Gasteiger partial charge in [0, 0.05) is 0 Å². The van der Waals surface area contributed by atoms with Crippen LogP contribution in [-0.4, -0.2) is 46.7 Å². The fourth-order valence-corrected chi connectivity index (χ4v) is 1.24. The maximum Gasteiger partial charge on any atom is 0.406 e. The number of alkyl halides is 3. The number of carbonyl (C=O) groups is 2. The Kier molecular flexibility index (Phi) is 3.13. The van der Waals surface area contributed by atoms with Gasteiger partial charge in [-0.3, -0.25) is 9.59 Å². The lowest BCUT2D eigenvalue weighted by Crippen LogP contribution is -2.50. The Morgan fingerprint density at radius 2 is 1.88 bits per heavy atom. The van der Waals surface area contributed by atoms with E-state index in [9.17, 15) is 22.8 Å². The van der Waals surface area contributed by atoms with Crippen LogP contribution < -0.4 is 5.73 Å². The summed E-state index contributed by atoms with van der Waals surface area (Å²) in [5.74, 6) is -2.45. The number of aliphatic carboxylic acids is 1. The highest BCUT2D eigenvalue weighted by Crippen LogP contribution is 2.34. The first-order chi connectivity index (χ1) is 7.14. The highest BCUT2D eigenvalue weighted by molar-refractivity contribution is 5.91. The molecule has 0 aromatic heterocycles. The van der Waals surface area contributed by atoms with Crippen molar-refractivity contribution in [2.45, 2.75) is 24.6 Å². The standard InChI is InChI=1S/C8H11F3N2O3/c9-8(10,11)4-13(3-5(14)15)6(16)7(12)1-2-7/h1-4,12H2,(H,14,15). The molecule has 16 heavy (non-hydrogen) atoms. The van der Waals surface area contributed by atoms with E-state index < -0.39 is 36.7 Å². The molecule has 1 amide bonds. The lowest BCUT2D eigenvalue weighted by molar-refractivity contribution is -0.166. The van der Waals surface area contributed by atoms with E-state index in [1.54, 1.807) is 0 Å². The molecule has 1 aliphatic rings. The molecule has 0 aliphatic heterocycles. The first-order valence-corrected chi connectivity index (χ1v) is 4.51. The maximum atomic E-state index is 12.1. The van der Waals surface area contributed by atoms with Gasteiger partial charge in [-0.15, -0.1) is 0 Å². The van der Waals surface area contributed by atoms with Crippen molar-refractivity contribution >= 4 is 11.9 Å². The zero-order chi connectivity index (χ0) is 12.6. The number of amides is 1. The Hall–Kier alpha value is -1.31. The quantitative estimate of drug-likeness (QED) is 0.721. The minimum absolute atomic E-state index is 0.231. The number of halogens is 3. The molecule has 0 heterocycles. The number of nitrogens with two attached hydrogens (primary N) is 1. The number of nitrogens with zero attached hydrogens (tertiary/aromatic N) is 1. The van der Waals surface area contributed by atoms with Gasteiger partial charge in [0.2, 0.25) is 5.91 Å². The van der Waals surface area contributed by atoms with Crippen LogP contribution in [0.2, 0.25) is 0 Å². The summed E-state index contributed by atoms with van der Waals surface area (Å²) >= 11 is 0. The Morgan fingerprint density at radius 3 is 2.19 bits per heavy atom. The van der Waals surface area contributed by atoms with Gasteiger partial charge in [0.25, 0.3) is 0 Å². The van der Waals surface area contributed by atoms with Crippen molar-refractivity contribution in [3.05, 3.63) is 0 Å². The van der Waals surface area contributed by atoms with E-state index in [-0.39, 0.29) is 4.90 Å². The molecular formula is C8H11F3N2O3. The molecule has 0 radical (unpaired) electrons. The summed E-state index contributed by atoms with van der Waals surface area (Å²) < 4.78 is 36.3. The Balaban J connectivity index is 2.71. The van der Waals surface area contributed by atoms with Gasteiger partial charge >= 0.3 is 12.1 Å². The average molecular weight is 240 g/mol. The SMILES string of the molecule is NC1(C(=O)N(CC(=O)O)CC(F)(F)F)CC1. The number of hydrogen-bond acceptors (Lipinski definition) is 3. The third-order valence-electron chi connectivity index (χ3n) is 2.20. The van der Waals surface area contributed by atoms with Gasteiger partial charge in [0.1, 0.15) is 13.1 Å². The summed E-state index contributed by atoms with van der Waals surface area (Å²) in [5.41, 5.74) is 4.14. The fourth-order valence-electron chi connectivity index (χ4n) is 1.24. The minimum atomic E-state index is -4.63. The van der Waals surface area contributed by atoms with E-state index in [0.717, 1.165) is 0 Å². The van der Waals surface area contributed by atoms with Gasteiger partial charge in [-0.25, -0.2) is 0 Å². The lowest BCUT2D eigenvalue weighted by atomic mass is 10.2. The predicted molar refractivity (Wildman–Crippen MR) is 46.4 cm³/mol. The highest BCUT2D eigenvalue weighted by atomic mass is 19.4. The molecule has 92 valence electrons. The number of carboxylic acid groups (broad SMARTS) is 1. The number of carbonyl (C=O) groups excluding carboxylic acids is 1. The number of rotatable bonds is 4. The largest absolute Gasteiger partial charge is 0.480 e. The number of carboxylic acids is 1. The van der Waals surface area contributed by atoms with Crippen molar-refractivity contribution in [1.29, 1.82) is 0 Å². The molecule has 1 aliphatic carbocycles. The normalized spacial score (nSPS) is 18.0. The zero-order valence-electron chi connectivity index (χ0n) is 8.25. The molecule has 0 aromatic rings. The van der Waals surface area contributed by atoms with Crippen LogP contribution >= 0.6 is 0 Å². The third kappa shape index (κ3) is 3.37. The first kappa shape index (κ1) is 12.8. The van der Waals surface area contributed by atoms with E-state index in [0.29, 0.717) is 12.8 Å². The van der Waals surface area contributed by atoms with E-state index in [2.05, 4.69) is 0 Å². The number of hydrogen-bond donors (Lipinski definition) is 2. The van der Waals surface area contributed by atoms with Crippen LogP contribution in [-0.2, 0) is 9.59 Å². The Labute approximate surface area is 89.0 Å². The van der Waals surface area contributed by atoms with Crippen LogP contribution in [0, 0.1) is 0 Å². The molecule has 0 aromatic carbocycles. The minimum Gasteiger partial charge on any atom is -0.480 e. The molecule has 5 nitrogen and oxygen atoms in total. The van der Waals surface area contributed by atoms with E-state index in [1.165, 1.54) is 0 Å². The Morgan fingerprint density at radius 1 is 1.38 bits per heavy atom. The lowest BCUT2D eigenvalue weighted by Gasteiger charge is -2.24. The maximum absolute atomic E-state index is 12.1. The van der Waals surface area contributed by atoms with Crippen LogP contribution in [0.15, 0.2) is 0 Å². The molecule has 0 unspecified atom stereocenters. The van der Waals surface area contributed by atoms with Gasteiger partial charge in [0.15, 0.2) is 0 Å². The highest BCUT2D eigenvalue weighted by Gasteiger charge is 2.50. The molecule has 1 saturated carbocycles. The van der Waals surface area contributed by atoms with Crippen molar-refractivity contribution in [1.82, 2.24) is 4.90 Å². The molecular weight excluding hydrogens is 229 g/mol. The second-order valence-electron chi connectivity index (χ2n) is 3.83. The first-order valence-electron chi connectivity index (χ1n) is 4.51. The predicted octanol–water partition coefficient (Wildman–Crippen LogP) is -0.0468. The molecule has 8 heteroatoms. The molecule has 3 N–H and O–H groups in total. The van der Waals surface area contributed by atoms with Crippen molar-refractivity contribution in [2.75, 3.05) is 13.1 Å². The van der Waals surface area contributed by atoms with E-state index >= 15 is 0 Å². The summed E-state index contributed by atoms with van der Waals surface area (Å²) in [4.78, 5) is 22.1. The van der Waals surface area contributed by atoms with E-state index in [1.807, 2.05) is 0 Å². The van der Waals surface area contributed by atoms with Crippen molar-refractivity contribution in [2.24, 2.45) is 5.73 Å². The zero-order valence-corrected chi connectivity index (χ0v) is 8.25. The summed E-state index contributed by atoms with van der Waals surface area (Å²) in [7, 11) is 0. The van der Waals surface area contributed by atoms with Crippen LogP contribution in [0.4, 0.5) is 13.2 Å². The van der Waals surface area contributed by atoms with Gasteiger partial charge in [-0.2, -0.15) is 13.2 Å². The van der Waals surface area contributed by atoms with Crippen LogP contribution in [0.3, 0.4) is 0 Å². The van der Waals surface area contributed by atoms with Gasteiger partial charge in [-0.05, 0) is 12.8 Å². The van der Waals surface area contributed by atoms with Gasteiger partial charge in [-0.1, -0.05) is 0 Å². The van der Waals surface area contributed by atoms with Crippen LogP contribution in [0.1, 0.15) is 12.8 Å². The molecule has 0 bridgehead atoms. The molecule has 0 spiro atoms. The van der Waals surface area contributed by atoms with Gasteiger partial charge < -0.3 is 15.7 Å². The molecule has 0 atom stereocenters. The summed E-state index contributed by atoms with van der Waals surface area (Å²) in [6.07, 6.45) is -4.05. The van der Waals surface area contributed by atoms with Gasteiger partial charge in [0.05, 0.1) is 5.54 Å². The van der Waals surface area contributed by atoms with Crippen LogP contribution in [0.25, 0.3) is 0 Å². The summed E-state index contributed by atoms with van der Waals surface area (Å²) in [6, 6.07) is 0. The van der Waals surface area contributed by atoms with Crippen molar-refractivity contribution < 1.29 is 27.9 Å². The summed E-state index contributed by atoms with van der Waals surface area (Å²) in [5, 5.41) is 8.41. The average Bonchev–Trinajstić information content (AvgIpc) is 2.79. The smallest absolute Gasteiger partial charge is 0.406 e. The molecule has 0 saturated heterocycles. The Bertz CT molecular complexity index is 312. The molecule has 1 rings (SSSR count). The topological polar surface area (TPSA) is 83.6 Å². The third-order valence-corrected chi connectivity index (χ3v) is 2.20. The van der Waals surface area contributed by atoms with E-state index in [4.69, 9.17) is 10.8 Å². The van der Waals surface area contributed by atoms with Crippen molar-refractivity contribution in [3.63, 3.8) is 0 Å². The molecule has 1 fully saturated rings. The summed E-state index contributed by atoms with van der Waals surface area (Å²) in [6.45, 7) is -2.58. The van der Waals surface area contributed by atoms with Crippen LogP contribution in [0.5, 0.6) is 0 Å². The second-order valence-corrected chi connectivity index (χ2v) is 3.83. The second kappa shape index (κ2) is 3.93. The monoisotopic (exact) mass is 240 g/mol. The van der Waals surface area contributed by atoms with Crippen molar-refractivity contribution in [3.8, 4) is 0 Å². The fraction of sp³-hybridized carbons (Fsp3) is 0.750.